The monoisotopic (exact) mass is 396 g/mol. The lowest BCUT2D eigenvalue weighted by Crippen LogP contribution is -2.00. The first kappa shape index (κ1) is 18.5. The van der Waals surface area contributed by atoms with Crippen molar-refractivity contribution in [1.82, 2.24) is 9.97 Å². The number of nitrogens with zero attached hydrogens (tertiary/aromatic N) is 2. The van der Waals surface area contributed by atoms with Crippen LogP contribution in [0, 0.1) is 0 Å². The normalized spacial score (nSPS) is 11.7. The Morgan fingerprint density at radius 2 is 1.41 bits per heavy atom. The van der Waals surface area contributed by atoms with Gasteiger partial charge in [0.2, 0.25) is 12.5 Å². The summed E-state index contributed by atoms with van der Waals surface area (Å²) in [6.45, 7) is 0.231. The van der Waals surface area contributed by atoms with Gasteiger partial charge in [0.15, 0.2) is 23.0 Å². The molecule has 1 aromatic heterocycles. The molecule has 0 saturated carbocycles. The van der Waals surface area contributed by atoms with Crippen molar-refractivity contribution in [2.24, 2.45) is 0 Å². The SMILES string of the molecule is COc1cc(Nc2cc(Nc3ccc4c(c3)OCO4)ncn2)cc(OC)c1OC. The predicted molar refractivity (Wildman–Crippen MR) is 107 cm³/mol. The van der Waals surface area contributed by atoms with Crippen LogP contribution in [0.2, 0.25) is 0 Å². The Balaban J connectivity index is 1.55. The number of methoxy groups -OCH3 is 3. The summed E-state index contributed by atoms with van der Waals surface area (Å²) in [4.78, 5) is 8.53. The van der Waals surface area contributed by atoms with Gasteiger partial charge in [0.25, 0.3) is 0 Å². The minimum atomic E-state index is 0.231. The summed E-state index contributed by atoms with van der Waals surface area (Å²) in [7, 11) is 4.70. The van der Waals surface area contributed by atoms with Crippen LogP contribution in [0.1, 0.15) is 0 Å². The number of hydrogen-bond acceptors (Lipinski definition) is 9. The van der Waals surface area contributed by atoms with E-state index in [4.69, 9.17) is 23.7 Å². The molecule has 0 saturated heterocycles. The molecule has 0 bridgehead atoms. The predicted octanol–water partition coefficient (Wildman–Crippen LogP) is 3.72. The van der Waals surface area contributed by atoms with Crippen LogP contribution in [0.25, 0.3) is 0 Å². The highest BCUT2D eigenvalue weighted by molar-refractivity contribution is 5.69. The fourth-order valence-electron chi connectivity index (χ4n) is 2.92. The molecule has 0 fully saturated rings. The average Bonchev–Trinajstić information content (AvgIpc) is 3.21. The van der Waals surface area contributed by atoms with E-state index in [1.165, 1.54) is 6.33 Å². The van der Waals surface area contributed by atoms with Crippen molar-refractivity contribution in [3.63, 3.8) is 0 Å². The molecule has 9 heteroatoms. The van der Waals surface area contributed by atoms with E-state index in [1.807, 2.05) is 18.2 Å². The number of hydrogen-bond donors (Lipinski definition) is 2. The molecule has 1 aliphatic heterocycles. The van der Waals surface area contributed by atoms with Gasteiger partial charge in [-0.2, -0.15) is 0 Å². The fourth-order valence-corrected chi connectivity index (χ4v) is 2.92. The molecule has 1 aliphatic rings. The summed E-state index contributed by atoms with van der Waals surface area (Å²) in [5, 5.41) is 6.45. The van der Waals surface area contributed by atoms with Gasteiger partial charge in [-0.25, -0.2) is 9.97 Å². The Morgan fingerprint density at radius 1 is 0.759 bits per heavy atom. The van der Waals surface area contributed by atoms with Crippen LogP contribution in [-0.2, 0) is 0 Å². The fraction of sp³-hybridized carbons (Fsp3) is 0.200. The average molecular weight is 396 g/mol. The molecule has 0 radical (unpaired) electrons. The number of fused-ring (bicyclic) bond motifs is 1. The van der Waals surface area contributed by atoms with E-state index in [-0.39, 0.29) is 6.79 Å². The number of nitrogens with one attached hydrogen (secondary N) is 2. The summed E-state index contributed by atoms with van der Waals surface area (Å²) in [5.74, 6) is 4.24. The molecule has 150 valence electrons. The zero-order chi connectivity index (χ0) is 20.2. The van der Waals surface area contributed by atoms with E-state index in [9.17, 15) is 0 Å². The van der Waals surface area contributed by atoms with Crippen molar-refractivity contribution in [1.29, 1.82) is 0 Å². The first-order valence-electron chi connectivity index (χ1n) is 8.76. The maximum atomic E-state index is 5.40. The quantitative estimate of drug-likeness (QED) is 0.619. The van der Waals surface area contributed by atoms with Gasteiger partial charge in [-0.05, 0) is 12.1 Å². The van der Waals surface area contributed by atoms with Crippen molar-refractivity contribution in [2.75, 3.05) is 38.8 Å². The van der Waals surface area contributed by atoms with Crippen LogP contribution in [-0.4, -0.2) is 38.1 Å². The van der Waals surface area contributed by atoms with E-state index in [0.717, 1.165) is 17.1 Å². The molecule has 3 aromatic rings. The first-order valence-corrected chi connectivity index (χ1v) is 8.76. The van der Waals surface area contributed by atoms with Crippen LogP contribution in [0.4, 0.5) is 23.0 Å². The van der Waals surface area contributed by atoms with Crippen molar-refractivity contribution in [3.8, 4) is 28.7 Å². The van der Waals surface area contributed by atoms with Crippen molar-refractivity contribution < 1.29 is 23.7 Å². The molecular formula is C20H20N4O5. The van der Waals surface area contributed by atoms with Gasteiger partial charge in [-0.3, -0.25) is 0 Å². The lowest BCUT2D eigenvalue weighted by atomic mass is 10.2. The number of ether oxygens (including phenoxy) is 5. The van der Waals surface area contributed by atoms with E-state index in [0.29, 0.717) is 34.6 Å². The Kier molecular flexibility index (Phi) is 5.10. The Bertz CT molecular complexity index is 1000. The highest BCUT2D eigenvalue weighted by Gasteiger charge is 2.15. The lowest BCUT2D eigenvalue weighted by Gasteiger charge is -2.15. The number of rotatable bonds is 7. The maximum absolute atomic E-state index is 5.40. The molecule has 0 amide bonds. The van der Waals surface area contributed by atoms with Gasteiger partial charge in [0, 0.05) is 35.6 Å². The number of benzene rings is 2. The third-order valence-electron chi connectivity index (χ3n) is 4.25. The standard InChI is InChI=1S/C20H20N4O5/c1-25-16-7-13(8-17(26-2)20(16)27-3)24-19-9-18(21-10-22-19)23-12-4-5-14-15(6-12)29-11-28-14/h4-10H,11H2,1-3H3,(H2,21,22,23,24). The molecule has 2 aromatic carbocycles. The van der Waals surface area contributed by atoms with Gasteiger partial charge in [-0.15, -0.1) is 0 Å². The third-order valence-corrected chi connectivity index (χ3v) is 4.25. The molecule has 29 heavy (non-hydrogen) atoms. The van der Waals surface area contributed by atoms with Gasteiger partial charge in [0.05, 0.1) is 21.3 Å². The van der Waals surface area contributed by atoms with Gasteiger partial charge in [0.1, 0.15) is 18.0 Å². The zero-order valence-corrected chi connectivity index (χ0v) is 16.2. The molecule has 2 heterocycles. The van der Waals surface area contributed by atoms with Gasteiger partial charge < -0.3 is 34.3 Å². The van der Waals surface area contributed by atoms with Crippen molar-refractivity contribution >= 4 is 23.0 Å². The van der Waals surface area contributed by atoms with E-state index < -0.39 is 0 Å². The zero-order valence-electron chi connectivity index (χ0n) is 16.2. The summed E-state index contributed by atoms with van der Waals surface area (Å²) in [5.41, 5.74) is 1.55. The van der Waals surface area contributed by atoms with E-state index in [1.54, 1.807) is 39.5 Å². The van der Waals surface area contributed by atoms with Gasteiger partial charge >= 0.3 is 0 Å². The topological polar surface area (TPSA) is 96.0 Å². The summed E-state index contributed by atoms with van der Waals surface area (Å²) < 4.78 is 26.8. The molecule has 9 nitrogen and oxygen atoms in total. The van der Waals surface area contributed by atoms with Gasteiger partial charge in [-0.1, -0.05) is 0 Å². The molecule has 0 atom stereocenters. The minimum absolute atomic E-state index is 0.231. The van der Waals surface area contributed by atoms with Crippen LogP contribution in [0.15, 0.2) is 42.7 Å². The number of aromatic nitrogens is 2. The highest BCUT2D eigenvalue weighted by atomic mass is 16.7. The summed E-state index contributed by atoms with van der Waals surface area (Å²) in [6.07, 6.45) is 1.47. The van der Waals surface area contributed by atoms with Crippen LogP contribution in [0.3, 0.4) is 0 Å². The van der Waals surface area contributed by atoms with Crippen molar-refractivity contribution in [3.05, 3.63) is 42.7 Å². The summed E-state index contributed by atoms with van der Waals surface area (Å²) >= 11 is 0. The molecule has 4 rings (SSSR count). The Hall–Kier alpha value is -3.88. The number of anilines is 4. The first-order chi connectivity index (χ1) is 14.2. The smallest absolute Gasteiger partial charge is 0.231 e. The molecule has 2 N–H and O–H groups in total. The van der Waals surface area contributed by atoms with Crippen molar-refractivity contribution in [2.45, 2.75) is 0 Å². The maximum Gasteiger partial charge on any atom is 0.231 e. The van der Waals surface area contributed by atoms with Crippen LogP contribution in [0.5, 0.6) is 28.7 Å². The minimum Gasteiger partial charge on any atom is -0.493 e. The second kappa shape index (κ2) is 8.01. The second-order valence-corrected chi connectivity index (χ2v) is 6.02. The second-order valence-electron chi connectivity index (χ2n) is 6.02. The third kappa shape index (κ3) is 3.88. The van der Waals surface area contributed by atoms with E-state index in [2.05, 4.69) is 20.6 Å². The highest BCUT2D eigenvalue weighted by Crippen LogP contribution is 2.40. The summed E-state index contributed by atoms with van der Waals surface area (Å²) in [6, 6.07) is 11.0. The molecule has 0 aliphatic carbocycles. The Labute approximate surface area is 167 Å². The van der Waals surface area contributed by atoms with Crippen LogP contribution < -0.4 is 34.3 Å². The molecular weight excluding hydrogens is 376 g/mol. The lowest BCUT2D eigenvalue weighted by molar-refractivity contribution is 0.174. The molecule has 0 spiro atoms. The van der Waals surface area contributed by atoms with E-state index >= 15 is 0 Å². The molecule has 0 unspecified atom stereocenters. The Morgan fingerprint density at radius 3 is 2.07 bits per heavy atom. The van der Waals surface area contributed by atoms with Crippen LogP contribution >= 0.6 is 0 Å². The largest absolute Gasteiger partial charge is 0.493 e.